The minimum absolute atomic E-state index is 1.06. The summed E-state index contributed by atoms with van der Waals surface area (Å²) in [5.41, 5.74) is 19.8. The van der Waals surface area contributed by atoms with E-state index in [0.717, 1.165) is 33.8 Å². The Morgan fingerprint density at radius 2 is 0.623 bits per heavy atom. The van der Waals surface area contributed by atoms with Crippen LogP contribution in [0.1, 0.15) is 0 Å². The summed E-state index contributed by atoms with van der Waals surface area (Å²) in [5.74, 6) is 0. The maximum absolute atomic E-state index is 2.49. The number of rotatable bonds is 10. The van der Waals surface area contributed by atoms with Gasteiger partial charge in [-0.05, 0) is 131 Å². The molecule has 12 aromatic carbocycles. The summed E-state index contributed by atoms with van der Waals surface area (Å²) in [6, 6.07) is 104. The zero-order valence-corrected chi connectivity index (χ0v) is 38.1. The predicted octanol–water partition coefficient (Wildman–Crippen LogP) is 19.1. The van der Waals surface area contributed by atoms with Crippen molar-refractivity contribution in [1.82, 2.24) is 0 Å². The lowest BCUT2D eigenvalue weighted by molar-refractivity contribution is 1.30. The molecule has 0 aromatic heterocycles. The predicted molar refractivity (Wildman–Crippen MR) is 294 cm³/mol. The Hall–Kier alpha value is -9.04. The van der Waals surface area contributed by atoms with E-state index >= 15 is 0 Å². The van der Waals surface area contributed by atoms with Crippen molar-refractivity contribution >= 4 is 38.6 Å². The van der Waals surface area contributed by atoms with Crippen molar-refractivity contribution in [2.45, 2.75) is 0 Å². The summed E-state index contributed by atoms with van der Waals surface area (Å²) in [6.45, 7) is 0. The lowest BCUT2D eigenvalue weighted by atomic mass is 9.84. The first-order valence-electron chi connectivity index (χ1n) is 23.7. The second kappa shape index (κ2) is 18.3. The van der Waals surface area contributed by atoms with Crippen LogP contribution >= 0.6 is 0 Å². The molecule has 0 spiro atoms. The third-order valence-corrected chi connectivity index (χ3v) is 13.4. The van der Waals surface area contributed by atoms with Gasteiger partial charge < -0.3 is 4.90 Å². The van der Waals surface area contributed by atoms with Crippen molar-refractivity contribution in [3.8, 4) is 77.9 Å². The molecule has 0 atom stereocenters. The Morgan fingerprint density at radius 1 is 0.203 bits per heavy atom. The van der Waals surface area contributed by atoms with Gasteiger partial charge >= 0.3 is 0 Å². The highest BCUT2D eigenvalue weighted by Crippen LogP contribution is 2.51. The lowest BCUT2D eigenvalue weighted by Gasteiger charge is -2.30. The van der Waals surface area contributed by atoms with Gasteiger partial charge in [0.2, 0.25) is 0 Å². The standard InChI is InChI=1S/C68H47N/c1-7-22-48(23-8-1)56-44-57(49-24-9-2-10-25-49)46-59(45-56)69(58-41-38-50(39-42-58)55-40-43-60(51-26-11-3-12-27-51)64(47-55)52-28-13-4-14-29-52)65-37-21-36-63-61-34-19-20-35-62(61)66(53-30-15-5-16-31-53)67(68(63)65)54-32-17-6-18-33-54/h1-47H. The van der Waals surface area contributed by atoms with Gasteiger partial charge in [-0.1, -0.05) is 243 Å². The van der Waals surface area contributed by atoms with Gasteiger partial charge in [0.15, 0.2) is 0 Å². The van der Waals surface area contributed by atoms with E-state index in [0.29, 0.717) is 0 Å². The normalized spacial score (nSPS) is 11.2. The van der Waals surface area contributed by atoms with Crippen LogP contribution in [0, 0.1) is 0 Å². The Morgan fingerprint density at radius 3 is 1.17 bits per heavy atom. The molecule has 0 saturated carbocycles. The molecular formula is C68H47N. The van der Waals surface area contributed by atoms with Gasteiger partial charge in [0.1, 0.15) is 0 Å². The number of nitrogens with zero attached hydrogens (tertiary/aromatic N) is 1. The highest BCUT2D eigenvalue weighted by molar-refractivity contribution is 6.25. The molecule has 69 heavy (non-hydrogen) atoms. The smallest absolute Gasteiger partial charge is 0.0546 e. The fraction of sp³-hybridized carbons (Fsp3) is 0. The van der Waals surface area contributed by atoms with Crippen molar-refractivity contribution in [2.75, 3.05) is 4.90 Å². The molecule has 0 saturated heterocycles. The molecule has 0 heterocycles. The Kier molecular flexibility index (Phi) is 11.0. The molecule has 0 aliphatic rings. The van der Waals surface area contributed by atoms with Crippen molar-refractivity contribution in [1.29, 1.82) is 0 Å². The van der Waals surface area contributed by atoms with Crippen LogP contribution < -0.4 is 4.90 Å². The van der Waals surface area contributed by atoms with Gasteiger partial charge in [0.25, 0.3) is 0 Å². The highest BCUT2D eigenvalue weighted by Gasteiger charge is 2.24. The first-order chi connectivity index (χ1) is 34.2. The maximum Gasteiger partial charge on any atom is 0.0546 e. The molecular weight excluding hydrogens is 831 g/mol. The van der Waals surface area contributed by atoms with Crippen LogP contribution in [0.4, 0.5) is 17.1 Å². The van der Waals surface area contributed by atoms with Gasteiger partial charge in [0, 0.05) is 22.3 Å². The molecule has 0 aliphatic heterocycles. The molecule has 0 radical (unpaired) electrons. The Labute approximate surface area is 404 Å². The van der Waals surface area contributed by atoms with Gasteiger partial charge in [0.05, 0.1) is 5.69 Å². The van der Waals surface area contributed by atoms with Crippen molar-refractivity contribution < 1.29 is 0 Å². The van der Waals surface area contributed by atoms with E-state index in [1.807, 2.05) is 0 Å². The number of hydrogen-bond donors (Lipinski definition) is 0. The number of hydrogen-bond acceptors (Lipinski definition) is 1. The number of anilines is 3. The second-order valence-electron chi connectivity index (χ2n) is 17.6. The first kappa shape index (κ1) is 41.4. The van der Waals surface area contributed by atoms with Crippen LogP contribution in [0.2, 0.25) is 0 Å². The van der Waals surface area contributed by atoms with Gasteiger partial charge in [-0.3, -0.25) is 0 Å². The summed E-state index contributed by atoms with van der Waals surface area (Å²) in [5, 5.41) is 4.85. The Balaban J connectivity index is 1.13. The molecule has 0 aliphatic carbocycles. The summed E-state index contributed by atoms with van der Waals surface area (Å²) in [7, 11) is 0. The number of fused-ring (bicyclic) bond motifs is 3. The SMILES string of the molecule is c1ccc(-c2cc(-c3ccccc3)cc(N(c3ccc(-c4ccc(-c5ccccc5)c(-c5ccccc5)c4)cc3)c3cccc4c3c(-c3ccccc3)c(-c3ccccc3)c3ccccc34)c2)cc1. The summed E-state index contributed by atoms with van der Waals surface area (Å²) >= 11 is 0. The third-order valence-electron chi connectivity index (χ3n) is 13.4. The molecule has 1 heteroatoms. The minimum Gasteiger partial charge on any atom is -0.310 e. The van der Waals surface area contributed by atoms with Crippen LogP contribution in [-0.4, -0.2) is 0 Å². The second-order valence-corrected chi connectivity index (χ2v) is 17.6. The molecule has 1 nitrogen and oxygen atoms in total. The lowest BCUT2D eigenvalue weighted by Crippen LogP contribution is -2.11. The molecule has 0 fully saturated rings. The Bertz CT molecular complexity index is 3660. The molecule has 0 N–H and O–H groups in total. The topological polar surface area (TPSA) is 3.24 Å². The zero-order valence-electron chi connectivity index (χ0n) is 38.1. The van der Waals surface area contributed by atoms with Crippen LogP contribution in [0.15, 0.2) is 285 Å². The average molecular weight is 878 g/mol. The van der Waals surface area contributed by atoms with Gasteiger partial charge in [-0.15, -0.1) is 0 Å². The van der Waals surface area contributed by atoms with Gasteiger partial charge in [-0.2, -0.15) is 0 Å². The summed E-state index contributed by atoms with van der Waals surface area (Å²) in [6.07, 6.45) is 0. The van der Waals surface area contributed by atoms with Crippen molar-refractivity contribution in [2.24, 2.45) is 0 Å². The number of benzene rings is 12. The van der Waals surface area contributed by atoms with Gasteiger partial charge in [-0.25, -0.2) is 0 Å². The van der Waals surface area contributed by atoms with Crippen LogP contribution in [0.5, 0.6) is 0 Å². The molecule has 0 bridgehead atoms. The van der Waals surface area contributed by atoms with Crippen molar-refractivity contribution in [3.05, 3.63) is 285 Å². The molecule has 0 unspecified atom stereocenters. The molecule has 12 rings (SSSR count). The van der Waals surface area contributed by atoms with Crippen molar-refractivity contribution in [3.63, 3.8) is 0 Å². The van der Waals surface area contributed by atoms with E-state index in [1.54, 1.807) is 0 Å². The van der Waals surface area contributed by atoms with E-state index in [1.165, 1.54) is 82.7 Å². The third kappa shape index (κ3) is 7.97. The maximum atomic E-state index is 2.49. The molecule has 324 valence electrons. The van der Waals surface area contributed by atoms with E-state index in [-0.39, 0.29) is 0 Å². The minimum atomic E-state index is 1.06. The van der Waals surface area contributed by atoms with E-state index in [2.05, 4.69) is 290 Å². The highest BCUT2D eigenvalue weighted by atomic mass is 15.1. The van der Waals surface area contributed by atoms with Crippen LogP contribution in [-0.2, 0) is 0 Å². The molecule has 0 amide bonds. The fourth-order valence-corrected chi connectivity index (χ4v) is 10.2. The summed E-state index contributed by atoms with van der Waals surface area (Å²) in [4.78, 5) is 2.49. The van der Waals surface area contributed by atoms with E-state index in [9.17, 15) is 0 Å². The van der Waals surface area contributed by atoms with E-state index < -0.39 is 0 Å². The molecule has 12 aromatic rings. The largest absolute Gasteiger partial charge is 0.310 e. The first-order valence-corrected chi connectivity index (χ1v) is 23.7. The van der Waals surface area contributed by atoms with Crippen LogP contribution in [0.3, 0.4) is 0 Å². The fourth-order valence-electron chi connectivity index (χ4n) is 10.2. The zero-order chi connectivity index (χ0) is 45.9. The van der Waals surface area contributed by atoms with E-state index in [4.69, 9.17) is 0 Å². The van der Waals surface area contributed by atoms with Crippen LogP contribution in [0.25, 0.3) is 99.4 Å². The summed E-state index contributed by atoms with van der Waals surface area (Å²) < 4.78 is 0. The average Bonchev–Trinajstić information content (AvgIpc) is 3.44. The quantitative estimate of drug-likeness (QED) is 0.124. The monoisotopic (exact) mass is 877 g/mol.